The molecule has 0 aromatic heterocycles. The topological polar surface area (TPSA) is 59.6 Å². The molecule has 1 aliphatic rings. The molecule has 25 heavy (non-hydrogen) atoms. The summed E-state index contributed by atoms with van der Waals surface area (Å²) in [5, 5.41) is 6.32. The van der Waals surface area contributed by atoms with Gasteiger partial charge in [0.25, 0.3) is 0 Å². The Morgan fingerprint density at radius 3 is 2.32 bits per heavy atom. The molecule has 0 bridgehead atoms. The fourth-order valence-corrected chi connectivity index (χ4v) is 3.11. The first-order valence-corrected chi connectivity index (χ1v) is 8.56. The summed E-state index contributed by atoms with van der Waals surface area (Å²) < 4.78 is 11.1. The number of piperidine rings is 1. The van der Waals surface area contributed by atoms with Gasteiger partial charge in [0.2, 0.25) is 5.91 Å². The number of carbonyl (C=O) groups excluding carboxylic acids is 1. The van der Waals surface area contributed by atoms with Gasteiger partial charge < -0.3 is 20.1 Å². The number of ether oxygens (including phenoxy) is 2. The lowest BCUT2D eigenvalue weighted by atomic mass is 9.78. The predicted octanol–water partition coefficient (Wildman–Crippen LogP) is 3.43. The van der Waals surface area contributed by atoms with Crippen LogP contribution < -0.4 is 15.4 Å². The molecule has 1 fully saturated rings. The molecule has 5 nitrogen and oxygen atoms in total. The largest absolute Gasteiger partial charge is 0.457 e. The monoisotopic (exact) mass is 340 g/mol. The second kappa shape index (κ2) is 8.14. The summed E-state index contributed by atoms with van der Waals surface area (Å²) in [6.45, 7) is 2.11. The average molecular weight is 340 g/mol. The number of hydrogen-bond donors (Lipinski definition) is 2. The second-order valence-electron chi connectivity index (χ2n) is 6.36. The number of benzene rings is 2. The van der Waals surface area contributed by atoms with Gasteiger partial charge in [-0.3, -0.25) is 4.79 Å². The molecule has 2 aromatic rings. The number of hydrogen-bond acceptors (Lipinski definition) is 4. The maximum atomic E-state index is 12.8. The van der Waals surface area contributed by atoms with Gasteiger partial charge in [-0.25, -0.2) is 0 Å². The molecule has 0 saturated carbocycles. The third-order valence-electron chi connectivity index (χ3n) is 4.55. The molecule has 0 unspecified atom stereocenters. The zero-order valence-corrected chi connectivity index (χ0v) is 14.5. The van der Waals surface area contributed by atoms with Crippen molar-refractivity contribution in [3.63, 3.8) is 0 Å². The SMILES string of the molecule is COCC1(C(=O)Nc2ccc(Oc3ccccc3)cc2)CCNCC1. The van der Waals surface area contributed by atoms with Crippen LogP contribution in [0.4, 0.5) is 5.69 Å². The van der Waals surface area contributed by atoms with E-state index in [1.165, 1.54) is 0 Å². The van der Waals surface area contributed by atoms with Gasteiger partial charge in [0.1, 0.15) is 11.5 Å². The van der Waals surface area contributed by atoms with Crippen molar-refractivity contribution in [3.05, 3.63) is 54.6 Å². The van der Waals surface area contributed by atoms with Crippen LogP contribution in [0.3, 0.4) is 0 Å². The van der Waals surface area contributed by atoms with Gasteiger partial charge in [-0.05, 0) is 62.3 Å². The van der Waals surface area contributed by atoms with Gasteiger partial charge in [-0.1, -0.05) is 18.2 Å². The normalized spacial score (nSPS) is 16.2. The molecule has 0 radical (unpaired) electrons. The molecule has 1 saturated heterocycles. The minimum atomic E-state index is -0.459. The van der Waals surface area contributed by atoms with Crippen molar-refractivity contribution in [1.82, 2.24) is 5.32 Å². The Labute approximate surface area is 148 Å². The molecular formula is C20H24N2O3. The zero-order chi connectivity index (χ0) is 17.5. The molecule has 0 atom stereocenters. The van der Waals surface area contributed by atoms with Crippen molar-refractivity contribution in [2.45, 2.75) is 12.8 Å². The summed E-state index contributed by atoms with van der Waals surface area (Å²) >= 11 is 0. The van der Waals surface area contributed by atoms with Gasteiger partial charge in [-0.15, -0.1) is 0 Å². The van der Waals surface area contributed by atoms with Gasteiger partial charge in [-0.2, -0.15) is 0 Å². The highest BCUT2D eigenvalue weighted by atomic mass is 16.5. The Morgan fingerprint density at radius 2 is 1.68 bits per heavy atom. The molecule has 2 aromatic carbocycles. The number of nitrogens with one attached hydrogen (secondary N) is 2. The van der Waals surface area contributed by atoms with Gasteiger partial charge in [0.05, 0.1) is 12.0 Å². The van der Waals surface area contributed by atoms with Crippen molar-refractivity contribution >= 4 is 11.6 Å². The van der Waals surface area contributed by atoms with Crippen LogP contribution in [0.1, 0.15) is 12.8 Å². The molecule has 1 heterocycles. The van der Waals surface area contributed by atoms with Crippen LogP contribution >= 0.6 is 0 Å². The Hall–Kier alpha value is -2.37. The summed E-state index contributed by atoms with van der Waals surface area (Å²) in [6.07, 6.45) is 1.56. The maximum Gasteiger partial charge on any atom is 0.233 e. The van der Waals surface area contributed by atoms with E-state index in [0.29, 0.717) is 6.61 Å². The summed E-state index contributed by atoms with van der Waals surface area (Å²) in [4.78, 5) is 12.8. The minimum absolute atomic E-state index is 0.0209. The van der Waals surface area contributed by atoms with Crippen molar-refractivity contribution in [1.29, 1.82) is 0 Å². The van der Waals surface area contributed by atoms with Crippen molar-refractivity contribution in [2.75, 3.05) is 32.1 Å². The smallest absolute Gasteiger partial charge is 0.233 e. The van der Waals surface area contributed by atoms with E-state index in [1.54, 1.807) is 7.11 Å². The third kappa shape index (κ3) is 4.38. The van der Waals surface area contributed by atoms with Crippen molar-refractivity contribution in [3.8, 4) is 11.5 Å². The van der Waals surface area contributed by atoms with E-state index >= 15 is 0 Å². The van der Waals surface area contributed by atoms with Gasteiger partial charge in [0.15, 0.2) is 0 Å². The molecule has 2 N–H and O–H groups in total. The second-order valence-corrected chi connectivity index (χ2v) is 6.36. The van der Waals surface area contributed by atoms with E-state index in [4.69, 9.17) is 9.47 Å². The average Bonchev–Trinajstić information content (AvgIpc) is 2.65. The highest BCUT2D eigenvalue weighted by molar-refractivity contribution is 5.95. The van der Waals surface area contributed by atoms with E-state index < -0.39 is 5.41 Å². The molecule has 0 spiro atoms. The van der Waals surface area contributed by atoms with Crippen LogP contribution in [0.2, 0.25) is 0 Å². The molecular weight excluding hydrogens is 316 g/mol. The lowest BCUT2D eigenvalue weighted by Gasteiger charge is -2.35. The molecule has 1 amide bonds. The number of rotatable bonds is 6. The summed E-state index contributed by atoms with van der Waals surface area (Å²) in [5.41, 5.74) is 0.304. The number of methoxy groups -OCH3 is 1. The third-order valence-corrected chi connectivity index (χ3v) is 4.55. The Morgan fingerprint density at radius 1 is 1.04 bits per heavy atom. The highest BCUT2D eigenvalue weighted by Gasteiger charge is 2.39. The van der Waals surface area contributed by atoms with Crippen LogP contribution in [0.25, 0.3) is 0 Å². The van der Waals surface area contributed by atoms with Gasteiger partial charge >= 0.3 is 0 Å². The van der Waals surface area contributed by atoms with Crippen LogP contribution in [0, 0.1) is 5.41 Å². The Bertz CT molecular complexity index is 674. The lowest BCUT2D eigenvalue weighted by Crippen LogP contribution is -2.47. The fraction of sp³-hybridized carbons (Fsp3) is 0.350. The first-order valence-electron chi connectivity index (χ1n) is 8.56. The van der Waals surface area contributed by atoms with E-state index in [0.717, 1.165) is 43.1 Å². The first-order chi connectivity index (χ1) is 12.2. The van der Waals surface area contributed by atoms with Crippen LogP contribution in [0.5, 0.6) is 11.5 Å². The Balaban J connectivity index is 1.65. The fourth-order valence-electron chi connectivity index (χ4n) is 3.11. The van der Waals surface area contributed by atoms with Gasteiger partial charge in [0, 0.05) is 12.8 Å². The molecule has 132 valence electrons. The first kappa shape index (κ1) is 17.5. The maximum absolute atomic E-state index is 12.8. The highest BCUT2D eigenvalue weighted by Crippen LogP contribution is 2.31. The number of amides is 1. The summed E-state index contributed by atoms with van der Waals surface area (Å²) in [5.74, 6) is 1.54. The predicted molar refractivity (Wildman–Crippen MR) is 98.0 cm³/mol. The van der Waals surface area contributed by atoms with Crippen LogP contribution in [0.15, 0.2) is 54.6 Å². The molecule has 5 heteroatoms. The van der Waals surface area contributed by atoms with Crippen molar-refractivity contribution < 1.29 is 14.3 Å². The zero-order valence-electron chi connectivity index (χ0n) is 14.5. The molecule has 1 aliphatic heterocycles. The molecule has 0 aliphatic carbocycles. The van der Waals surface area contributed by atoms with Crippen molar-refractivity contribution in [2.24, 2.45) is 5.41 Å². The summed E-state index contributed by atoms with van der Waals surface area (Å²) in [7, 11) is 1.65. The number of carbonyl (C=O) groups is 1. The number of para-hydroxylation sites is 1. The number of anilines is 1. The lowest BCUT2D eigenvalue weighted by molar-refractivity contribution is -0.130. The standard InChI is InChI=1S/C20H24N2O3/c1-24-15-20(11-13-21-14-12-20)19(23)22-16-7-9-18(10-8-16)25-17-5-3-2-4-6-17/h2-10,21H,11-15H2,1H3,(H,22,23). The van der Waals surface area contributed by atoms with E-state index in [1.807, 2.05) is 54.6 Å². The quantitative estimate of drug-likeness (QED) is 0.846. The van der Waals surface area contributed by atoms with Crippen LogP contribution in [-0.2, 0) is 9.53 Å². The minimum Gasteiger partial charge on any atom is -0.457 e. The Kier molecular flexibility index (Phi) is 5.68. The van der Waals surface area contributed by atoms with E-state index in [2.05, 4.69) is 10.6 Å². The van der Waals surface area contributed by atoms with E-state index in [9.17, 15) is 4.79 Å². The van der Waals surface area contributed by atoms with Crippen LogP contribution in [-0.4, -0.2) is 32.7 Å². The van der Waals surface area contributed by atoms with E-state index in [-0.39, 0.29) is 5.91 Å². The molecule has 3 rings (SSSR count). The summed E-state index contributed by atoms with van der Waals surface area (Å²) in [6, 6.07) is 17.0.